The van der Waals surface area contributed by atoms with E-state index in [9.17, 15) is 13.2 Å². The summed E-state index contributed by atoms with van der Waals surface area (Å²) in [5, 5.41) is -0.0187. The van der Waals surface area contributed by atoms with Crippen molar-refractivity contribution in [1.82, 2.24) is 9.97 Å². The Morgan fingerprint density at radius 2 is 1.69 bits per heavy atom. The van der Waals surface area contributed by atoms with Gasteiger partial charge in [-0.2, -0.15) is 13.2 Å². The minimum Gasteiger partial charge on any atom is -0.348 e. The van der Waals surface area contributed by atoms with Crippen LogP contribution in [0.25, 0.3) is 0 Å². The van der Waals surface area contributed by atoms with Gasteiger partial charge in [-0.15, -0.1) is 0 Å². The summed E-state index contributed by atoms with van der Waals surface area (Å²) in [6, 6.07) is 0. The fraction of sp³-hybridized carbons (Fsp3) is 0.556. The first kappa shape index (κ1) is 13.0. The number of aromatic nitrogens is 2. The van der Waals surface area contributed by atoms with E-state index in [0.717, 1.165) is 4.90 Å². The van der Waals surface area contributed by atoms with Crippen LogP contribution in [0.4, 0.5) is 19.0 Å². The molecule has 0 aromatic carbocycles. The van der Waals surface area contributed by atoms with Crippen molar-refractivity contribution in [3.8, 4) is 0 Å². The second-order valence-corrected chi connectivity index (χ2v) is 3.84. The van der Waals surface area contributed by atoms with Gasteiger partial charge in [0, 0.05) is 7.05 Å². The van der Waals surface area contributed by atoms with Crippen LogP contribution < -0.4 is 4.90 Å². The summed E-state index contributed by atoms with van der Waals surface area (Å²) in [4.78, 5) is 8.84. The van der Waals surface area contributed by atoms with Crippen molar-refractivity contribution in [2.75, 3.05) is 18.5 Å². The van der Waals surface area contributed by atoms with Crippen molar-refractivity contribution >= 4 is 17.4 Å². The number of halogens is 4. The molecule has 0 aliphatic carbocycles. The molecule has 90 valence electrons. The summed E-state index contributed by atoms with van der Waals surface area (Å²) in [6.07, 6.45) is -4.29. The summed E-state index contributed by atoms with van der Waals surface area (Å²) >= 11 is 5.74. The van der Waals surface area contributed by atoms with Crippen molar-refractivity contribution in [2.24, 2.45) is 0 Å². The number of anilines is 1. The second-order valence-electron chi connectivity index (χ2n) is 3.48. The smallest absolute Gasteiger partial charge is 0.348 e. The van der Waals surface area contributed by atoms with Gasteiger partial charge in [0.15, 0.2) is 11.0 Å². The molecule has 0 atom stereocenters. The molecule has 0 amide bonds. The molecule has 16 heavy (non-hydrogen) atoms. The molecule has 1 aromatic rings. The molecule has 0 aliphatic heterocycles. The average Bonchev–Trinajstić information content (AvgIpc) is 2.08. The van der Waals surface area contributed by atoms with E-state index in [1.54, 1.807) is 13.8 Å². The molecule has 0 radical (unpaired) electrons. The van der Waals surface area contributed by atoms with E-state index >= 15 is 0 Å². The number of alkyl halides is 3. The molecule has 0 unspecified atom stereocenters. The van der Waals surface area contributed by atoms with E-state index in [-0.39, 0.29) is 11.0 Å². The standard InChI is InChI=1S/C9H11ClF3N3/c1-5-6(2)15-8(7(10)14-5)16(3)4-9(11,12)13/h4H2,1-3H3. The van der Waals surface area contributed by atoms with Crippen molar-refractivity contribution in [1.29, 1.82) is 0 Å². The van der Waals surface area contributed by atoms with E-state index in [1.807, 2.05) is 0 Å². The van der Waals surface area contributed by atoms with Gasteiger partial charge in [0.25, 0.3) is 0 Å². The Balaban J connectivity index is 3.00. The van der Waals surface area contributed by atoms with Crippen LogP contribution in [0, 0.1) is 13.8 Å². The quantitative estimate of drug-likeness (QED) is 0.812. The summed E-state index contributed by atoms with van der Waals surface area (Å²) in [6.45, 7) is 2.26. The van der Waals surface area contributed by atoms with Crippen LogP contribution >= 0.6 is 11.6 Å². The number of hydrogen-bond acceptors (Lipinski definition) is 3. The Hall–Kier alpha value is -1.04. The van der Waals surface area contributed by atoms with E-state index in [2.05, 4.69) is 9.97 Å². The molecular weight excluding hydrogens is 243 g/mol. The monoisotopic (exact) mass is 253 g/mol. The third kappa shape index (κ3) is 3.23. The van der Waals surface area contributed by atoms with Crippen LogP contribution in [-0.2, 0) is 0 Å². The first-order valence-electron chi connectivity index (χ1n) is 4.49. The van der Waals surface area contributed by atoms with Gasteiger partial charge in [-0.05, 0) is 13.8 Å². The van der Waals surface area contributed by atoms with Gasteiger partial charge >= 0.3 is 6.18 Å². The molecule has 1 rings (SSSR count). The highest BCUT2D eigenvalue weighted by atomic mass is 35.5. The zero-order valence-electron chi connectivity index (χ0n) is 9.06. The van der Waals surface area contributed by atoms with E-state index in [4.69, 9.17) is 11.6 Å². The summed E-state index contributed by atoms with van der Waals surface area (Å²) in [7, 11) is 1.28. The van der Waals surface area contributed by atoms with Gasteiger partial charge in [0.2, 0.25) is 0 Å². The Morgan fingerprint density at radius 3 is 2.19 bits per heavy atom. The summed E-state index contributed by atoms with van der Waals surface area (Å²) in [5.41, 5.74) is 1.17. The molecule has 3 nitrogen and oxygen atoms in total. The minimum absolute atomic E-state index is 0.0187. The fourth-order valence-corrected chi connectivity index (χ4v) is 1.46. The zero-order valence-corrected chi connectivity index (χ0v) is 9.82. The van der Waals surface area contributed by atoms with Crippen LogP contribution in [0.2, 0.25) is 5.15 Å². The highest BCUT2D eigenvalue weighted by molar-refractivity contribution is 6.31. The molecule has 1 heterocycles. The molecule has 0 spiro atoms. The van der Waals surface area contributed by atoms with E-state index in [0.29, 0.717) is 11.4 Å². The summed E-state index contributed by atoms with van der Waals surface area (Å²) < 4.78 is 36.5. The highest BCUT2D eigenvalue weighted by Gasteiger charge is 2.30. The Labute approximate surface area is 96.3 Å². The van der Waals surface area contributed by atoms with Crippen LogP contribution in [0.5, 0.6) is 0 Å². The Morgan fingerprint density at radius 1 is 1.19 bits per heavy atom. The van der Waals surface area contributed by atoms with Crippen molar-refractivity contribution in [3.05, 3.63) is 16.5 Å². The van der Waals surface area contributed by atoms with Gasteiger partial charge in [-0.25, -0.2) is 9.97 Å². The lowest BCUT2D eigenvalue weighted by atomic mass is 10.3. The van der Waals surface area contributed by atoms with E-state index in [1.165, 1.54) is 7.05 Å². The van der Waals surface area contributed by atoms with Gasteiger partial charge in [0.05, 0.1) is 11.4 Å². The van der Waals surface area contributed by atoms with Gasteiger partial charge in [0.1, 0.15) is 6.54 Å². The van der Waals surface area contributed by atoms with Crippen LogP contribution in [0.15, 0.2) is 0 Å². The maximum Gasteiger partial charge on any atom is 0.405 e. The number of nitrogens with zero attached hydrogens (tertiary/aromatic N) is 3. The maximum atomic E-state index is 12.2. The normalized spacial score (nSPS) is 11.7. The molecule has 0 aliphatic rings. The maximum absolute atomic E-state index is 12.2. The summed E-state index contributed by atoms with van der Waals surface area (Å²) in [5.74, 6) is 0.0436. The molecular formula is C9H11ClF3N3. The lowest BCUT2D eigenvalue weighted by Gasteiger charge is -2.21. The minimum atomic E-state index is -4.29. The average molecular weight is 254 g/mol. The van der Waals surface area contributed by atoms with Crippen LogP contribution in [-0.4, -0.2) is 29.7 Å². The Kier molecular flexibility index (Phi) is 3.62. The van der Waals surface area contributed by atoms with Gasteiger partial charge in [-0.1, -0.05) is 11.6 Å². The van der Waals surface area contributed by atoms with Gasteiger partial charge in [-0.3, -0.25) is 0 Å². The van der Waals surface area contributed by atoms with Crippen LogP contribution in [0.3, 0.4) is 0 Å². The lowest BCUT2D eigenvalue weighted by Crippen LogP contribution is -2.32. The van der Waals surface area contributed by atoms with Gasteiger partial charge < -0.3 is 4.90 Å². The lowest BCUT2D eigenvalue weighted by molar-refractivity contribution is -0.119. The number of hydrogen-bond donors (Lipinski definition) is 0. The van der Waals surface area contributed by atoms with E-state index < -0.39 is 12.7 Å². The predicted octanol–water partition coefficient (Wildman–Crippen LogP) is 2.75. The molecule has 0 saturated heterocycles. The number of aryl methyl sites for hydroxylation is 2. The number of rotatable bonds is 2. The molecule has 0 fully saturated rings. The fourth-order valence-electron chi connectivity index (χ4n) is 1.15. The largest absolute Gasteiger partial charge is 0.405 e. The third-order valence-corrected chi connectivity index (χ3v) is 2.28. The van der Waals surface area contributed by atoms with Crippen molar-refractivity contribution < 1.29 is 13.2 Å². The highest BCUT2D eigenvalue weighted by Crippen LogP contribution is 2.25. The molecule has 0 saturated carbocycles. The zero-order chi connectivity index (χ0) is 12.5. The van der Waals surface area contributed by atoms with Crippen molar-refractivity contribution in [3.63, 3.8) is 0 Å². The second kappa shape index (κ2) is 4.45. The molecule has 7 heteroatoms. The Bertz CT molecular complexity index is 392. The predicted molar refractivity (Wildman–Crippen MR) is 55.8 cm³/mol. The SMILES string of the molecule is Cc1nc(Cl)c(N(C)CC(F)(F)F)nc1C. The third-order valence-electron chi connectivity index (χ3n) is 2.03. The molecule has 0 N–H and O–H groups in total. The topological polar surface area (TPSA) is 29.0 Å². The molecule has 0 bridgehead atoms. The van der Waals surface area contributed by atoms with Crippen LogP contribution in [0.1, 0.15) is 11.4 Å². The van der Waals surface area contributed by atoms with Crippen molar-refractivity contribution in [2.45, 2.75) is 20.0 Å². The molecule has 1 aromatic heterocycles. The first-order valence-corrected chi connectivity index (χ1v) is 4.87. The first-order chi connectivity index (χ1) is 7.20.